The van der Waals surface area contributed by atoms with Crippen molar-refractivity contribution in [3.63, 3.8) is 0 Å². The lowest BCUT2D eigenvalue weighted by molar-refractivity contribution is -0.147. The maximum Gasteiger partial charge on any atom is 0.305 e. The summed E-state index contributed by atoms with van der Waals surface area (Å²) in [6, 6.07) is 15.7. The Morgan fingerprint density at radius 1 is 1.05 bits per heavy atom. The molecule has 0 aromatic heterocycles. The number of alkyl halides is 1. The van der Waals surface area contributed by atoms with Crippen molar-refractivity contribution in [2.24, 2.45) is 11.1 Å². The van der Waals surface area contributed by atoms with Crippen LogP contribution in [-0.2, 0) is 41.4 Å². The number of hydrogen-bond acceptors (Lipinski definition) is 7. The molecule has 0 saturated carbocycles. The van der Waals surface area contributed by atoms with E-state index in [0.717, 1.165) is 5.56 Å². The molecule has 0 bridgehead atoms. The third kappa shape index (κ3) is 8.45. The lowest BCUT2D eigenvalue weighted by Gasteiger charge is -2.28. The van der Waals surface area contributed by atoms with Gasteiger partial charge in [0.05, 0.1) is 35.3 Å². The van der Waals surface area contributed by atoms with E-state index >= 15 is 0 Å². The number of nitrogens with one attached hydrogen (secondary N) is 2. The summed E-state index contributed by atoms with van der Waals surface area (Å²) in [5, 5.41) is 15.8. The van der Waals surface area contributed by atoms with Crippen molar-refractivity contribution in [1.82, 2.24) is 10.0 Å². The highest BCUT2D eigenvalue weighted by atomic mass is 79.9. The minimum atomic E-state index is -3.78. The first-order valence-electron chi connectivity index (χ1n) is 12.4. The number of halogens is 1. The van der Waals surface area contributed by atoms with E-state index < -0.39 is 51.8 Å². The lowest BCUT2D eigenvalue weighted by Crippen LogP contribution is -2.55. The topological polar surface area (TPSA) is 151 Å². The number of carboxylic acid groups (broad SMARTS) is 1. The SMILES string of the molecule is CC(C)C(NS(=O)(=O)Cc1ccccc1)C1=NOC(Cc2ccccc2)(C(=O)N[C@@H](CC(=O)O)C(=O)CBr)C1. The van der Waals surface area contributed by atoms with Crippen molar-refractivity contribution in [3.05, 3.63) is 71.8 Å². The molecule has 1 amide bonds. The zero-order chi connectivity index (χ0) is 28.6. The summed E-state index contributed by atoms with van der Waals surface area (Å²) in [6.07, 6.45) is -0.595. The number of rotatable bonds is 14. The average molecular weight is 623 g/mol. The molecular weight excluding hydrogens is 590 g/mol. The minimum absolute atomic E-state index is 0.0628. The van der Waals surface area contributed by atoms with E-state index in [4.69, 9.17) is 4.84 Å². The number of oxime groups is 1. The van der Waals surface area contributed by atoms with E-state index in [0.29, 0.717) is 11.3 Å². The summed E-state index contributed by atoms with van der Waals surface area (Å²) in [5.74, 6) is -2.92. The number of aliphatic carboxylic acids is 1. The largest absolute Gasteiger partial charge is 0.481 e. The lowest BCUT2D eigenvalue weighted by atomic mass is 9.85. The van der Waals surface area contributed by atoms with Gasteiger partial charge in [0.2, 0.25) is 15.6 Å². The Morgan fingerprint density at radius 2 is 1.64 bits per heavy atom. The van der Waals surface area contributed by atoms with Crippen LogP contribution in [0.4, 0.5) is 0 Å². The molecule has 2 unspecified atom stereocenters. The number of carbonyl (C=O) groups is 3. The van der Waals surface area contributed by atoms with E-state index in [2.05, 4.69) is 31.1 Å². The highest BCUT2D eigenvalue weighted by Gasteiger charge is 2.49. The normalized spacial score (nSPS) is 18.6. The molecule has 3 rings (SSSR count). The molecule has 0 aliphatic carbocycles. The Labute approximate surface area is 236 Å². The molecule has 0 fully saturated rings. The number of benzene rings is 2. The summed E-state index contributed by atoms with van der Waals surface area (Å²) in [6.45, 7) is 3.65. The second-order valence-corrected chi connectivity index (χ2v) is 12.1. The molecule has 0 spiro atoms. The molecule has 1 heterocycles. The van der Waals surface area contributed by atoms with Gasteiger partial charge in [-0.25, -0.2) is 13.1 Å². The third-order valence-corrected chi connectivity index (χ3v) is 8.17. The van der Waals surface area contributed by atoms with E-state index in [1.54, 1.807) is 54.6 Å². The van der Waals surface area contributed by atoms with Crippen LogP contribution in [0.3, 0.4) is 0 Å². The monoisotopic (exact) mass is 621 g/mol. The van der Waals surface area contributed by atoms with Gasteiger partial charge in [-0.3, -0.25) is 14.4 Å². The zero-order valence-corrected chi connectivity index (χ0v) is 24.1. The Kier molecular flexibility index (Phi) is 10.4. The van der Waals surface area contributed by atoms with Crippen LogP contribution in [0.1, 0.15) is 37.8 Å². The van der Waals surface area contributed by atoms with Crippen molar-refractivity contribution in [3.8, 4) is 0 Å². The Bertz CT molecular complexity index is 1300. The molecule has 0 saturated heterocycles. The fraction of sp³-hybridized carbons (Fsp3) is 0.407. The van der Waals surface area contributed by atoms with Crippen LogP contribution in [-0.4, -0.2) is 59.9 Å². The number of carbonyl (C=O) groups excluding carboxylic acids is 2. The number of nitrogens with zero attached hydrogens (tertiary/aromatic N) is 1. The van der Waals surface area contributed by atoms with Gasteiger partial charge in [-0.15, -0.1) is 0 Å². The van der Waals surface area contributed by atoms with Crippen LogP contribution in [0.5, 0.6) is 0 Å². The van der Waals surface area contributed by atoms with Gasteiger partial charge in [0, 0.05) is 12.8 Å². The van der Waals surface area contributed by atoms with Crippen molar-refractivity contribution >= 4 is 49.3 Å². The van der Waals surface area contributed by atoms with Gasteiger partial charge in [0.25, 0.3) is 5.91 Å². The Hall–Kier alpha value is -3.09. The second kappa shape index (κ2) is 13.3. The van der Waals surface area contributed by atoms with Gasteiger partial charge in [0.15, 0.2) is 5.78 Å². The van der Waals surface area contributed by atoms with Crippen molar-refractivity contribution < 1.29 is 32.7 Å². The van der Waals surface area contributed by atoms with Gasteiger partial charge < -0.3 is 15.3 Å². The zero-order valence-electron chi connectivity index (χ0n) is 21.7. The third-order valence-electron chi connectivity index (χ3n) is 6.29. The number of carboxylic acids is 1. The van der Waals surface area contributed by atoms with Crippen molar-refractivity contribution in [2.75, 3.05) is 5.33 Å². The molecule has 1 aliphatic rings. The minimum Gasteiger partial charge on any atom is -0.481 e. The predicted molar refractivity (Wildman–Crippen MR) is 150 cm³/mol. The van der Waals surface area contributed by atoms with Crippen LogP contribution >= 0.6 is 15.9 Å². The molecule has 2 aromatic rings. The molecular formula is C27H32BrN3O7S. The standard InChI is InChI=1S/C27H32BrN3O7S/c1-18(2)25(31-39(36,37)17-20-11-7-4-8-12-20)22-15-27(38-30-22,14-19-9-5-3-6-10-19)26(35)29-21(13-24(33)34)23(32)16-28/h3-12,18,21,25,31H,13-17H2,1-2H3,(H,29,35)(H,33,34)/t21-,25?,27?/m0/s1. The fourth-order valence-corrected chi connectivity index (χ4v) is 6.21. The first-order chi connectivity index (χ1) is 18.4. The highest BCUT2D eigenvalue weighted by Crippen LogP contribution is 2.32. The fourth-order valence-electron chi connectivity index (χ4n) is 4.31. The molecule has 10 nitrogen and oxygen atoms in total. The molecule has 210 valence electrons. The second-order valence-electron chi connectivity index (χ2n) is 9.82. The number of hydrogen-bond donors (Lipinski definition) is 3. The van der Waals surface area contributed by atoms with Gasteiger partial charge in [-0.2, -0.15) is 0 Å². The van der Waals surface area contributed by atoms with E-state index in [1.807, 2.05) is 19.9 Å². The van der Waals surface area contributed by atoms with Gasteiger partial charge in [-0.05, 0) is 17.0 Å². The Balaban J connectivity index is 1.87. The van der Waals surface area contributed by atoms with Gasteiger partial charge >= 0.3 is 5.97 Å². The predicted octanol–water partition coefficient (Wildman–Crippen LogP) is 2.81. The first-order valence-corrected chi connectivity index (χ1v) is 15.2. The van der Waals surface area contributed by atoms with Crippen LogP contribution in [0.15, 0.2) is 65.8 Å². The molecule has 3 N–H and O–H groups in total. The maximum absolute atomic E-state index is 13.6. The smallest absolute Gasteiger partial charge is 0.305 e. The molecule has 39 heavy (non-hydrogen) atoms. The summed E-state index contributed by atoms with van der Waals surface area (Å²) >= 11 is 3.03. The summed E-state index contributed by atoms with van der Waals surface area (Å²) in [4.78, 5) is 43.1. The summed E-state index contributed by atoms with van der Waals surface area (Å²) < 4.78 is 28.8. The number of Topliss-reactive ketones (excluding diaryl/α,β-unsaturated/α-hetero) is 1. The van der Waals surface area contributed by atoms with Gasteiger partial charge in [0.1, 0.15) is 0 Å². The van der Waals surface area contributed by atoms with Crippen LogP contribution in [0.25, 0.3) is 0 Å². The van der Waals surface area contributed by atoms with E-state index in [9.17, 15) is 27.9 Å². The van der Waals surface area contributed by atoms with Crippen molar-refractivity contribution in [2.45, 2.75) is 56.5 Å². The average Bonchev–Trinajstić information content (AvgIpc) is 3.31. The molecule has 12 heteroatoms. The molecule has 1 aliphatic heterocycles. The number of sulfonamides is 1. The van der Waals surface area contributed by atoms with Crippen LogP contribution in [0.2, 0.25) is 0 Å². The molecule has 0 radical (unpaired) electrons. The maximum atomic E-state index is 13.6. The number of amides is 1. The van der Waals surface area contributed by atoms with Gasteiger partial charge in [-0.1, -0.05) is 95.6 Å². The van der Waals surface area contributed by atoms with Crippen LogP contribution < -0.4 is 10.0 Å². The Morgan fingerprint density at radius 3 is 2.18 bits per heavy atom. The van der Waals surface area contributed by atoms with Crippen LogP contribution in [0, 0.1) is 5.92 Å². The number of ketones is 1. The van der Waals surface area contributed by atoms with Crippen molar-refractivity contribution in [1.29, 1.82) is 0 Å². The first kappa shape index (κ1) is 30.5. The van der Waals surface area contributed by atoms with E-state index in [-0.39, 0.29) is 29.8 Å². The molecule has 3 atom stereocenters. The highest BCUT2D eigenvalue weighted by molar-refractivity contribution is 9.09. The van der Waals surface area contributed by atoms with E-state index in [1.165, 1.54) is 0 Å². The molecule has 2 aromatic carbocycles. The summed E-state index contributed by atoms with van der Waals surface area (Å²) in [7, 11) is -3.78. The summed E-state index contributed by atoms with van der Waals surface area (Å²) in [5.41, 5.74) is 0.0829. The quantitative estimate of drug-likeness (QED) is 0.274.